The molecule has 0 radical (unpaired) electrons. The number of rotatable bonds is 73. The Labute approximate surface area is 567 Å². The predicted octanol–water partition coefficient (Wildman–Crippen LogP) is 21.4. The van der Waals surface area contributed by atoms with Gasteiger partial charge in [-0.25, -0.2) is 9.13 Å². The molecule has 0 rings (SSSR count). The molecule has 0 aliphatic rings. The summed E-state index contributed by atoms with van der Waals surface area (Å²) in [5, 5.41) is 10.6. The summed E-state index contributed by atoms with van der Waals surface area (Å²) in [5.74, 6) is -2.16. The number of hydrogen-bond acceptors (Lipinski definition) is 15. The monoisotopic (exact) mass is 1360 g/mol. The maximum absolute atomic E-state index is 13.0. The molecule has 0 saturated heterocycles. The van der Waals surface area contributed by atoms with Crippen molar-refractivity contribution in [1.29, 1.82) is 0 Å². The van der Waals surface area contributed by atoms with Gasteiger partial charge in [0.2, 0.25) is 0 Å². The Hall–Kier alpha value is -2.46. The van der Waals surface area contributed by atoms with Crippen LogP contribution in [0.3, 0.4) is 0 Å². The standard InChI is InChI=1S/C74H140O17P2/c1-5-9-13-17-20-23-26-29-32-34-37-40-43-46-49-53-57-61-74(79)91-70(65-85-72(77)59-55-51-47-44-41-38-36-33-30-27-24-21-18-14-10-6-2)67-89-93(82,83)87-63-68(75)62-86-92(80,81)88-66-69(64-84-71(76)58-54-50-16-12-8-4)90-73(78)60-56-52-48-45-42-39-35-31-28-25-22-19-15-11-7-3/h25,28,31,35,68-70,75H,5-24,26-27,29-30,32-34,36-67H2,1-4H3,(H,80,81)(H,82,83)/b28-25-,35-31-/t68-,69+,70+/m0/s1. The molecule has 2 unspecified atom stereocenters. The van der Waals surface area contributed by atoms with Gasteiger partial charge in [-0.3, -0.25) is 37.3 Å². The molecule has 548 valence electrons. The smallest absolute Gasteiger partial charge is 0.462 e. The second-order valence-corrected chi connectivity index (χ2v) is 28.9. The minimum atomic E-state index is -4.96. The minimum absolute atomic E-state index is 0.0846. The first-order valence-electron chi connectivity index (χ1n) is 38.1. The zero-order valence-corrected chi connectivity index (χ0v) is 61.5. The van der Waals surface area contributed by atoms with Gasteiger partial charge in [0.15, 0.2) is 12.2 Å². The van der Waals surface area contributed by atoms with E-state index in [9.17, 15) is 43.2 Å². The number of hydrogen-bond donors (Lipinski definition) is 3. The summed E-state index contributed by atoms with van der Waals surface area (Å²) in [4.78, 5) is 72.4. The van der Waals surface area contributed by atoms with Gasteiger partial charge in [-0.05, 0) is 51.4 Å². The highest BCUT2D eigenvalue weighted by molar-refractivity contribution is 7.47. The highest BCUT2D eigenvalue weighted by Crippen LogP contribution is 2.45. The predicted molar refractivity (Wildman–Crippen MR) is 377 cm³/mol. The van der Waals surface area contributed by atoms with Gasteiger partial charge < -0.3 is 33.8 Å². The number of allylic oxidation sites excluding steroid dienone is 4. The van der Waals surface area contributed by atoms with Gasteiger partial charge in [-0.2, -0.15) is 0 Å². The largest absolute Gasteiger partial charge is 0.472 e. The molecule has 0 aromatic heterocycles. The first-order valence-corrected chi connectivity index (χ1v) is 41.1. The molecule has 0 saturated carbocycles. The number of aliphatic hydroxyl groups is 1. The molecule has 0 aliphatic heterocycles. The lowest BCUT2D eigenvalue weighted by Gasteiger charge is -2.21. The third-order valence-corrected chi connectivity index (χ3v) is 18.6. The Kier molecular flexibility index (Phi) is 66.3. The number of phosphoric ester groups is 2. The van der Waals surface area contributed by atoms with Crippen LogP contribution < -0.4 is 0 Å². The van der Waals surface area contributed by atoms with E-state index in [-0.39, 0.29) is 25.7 Å². The Morgan fingerprint density at radius 1 is 0.301 bits per heavy atom. The molecule has 0 aliphatic carbocycles. The first-order chi connectivity index (χ1) is 45.2. The Balaban J connectivity index is 5.17. The number of carbonyl (C=O) groups is 4. The second kappa shape index (κ2) is 68.1. The normalized spacial score (nSPS) is 14.1. The summed E-state index contributed by atoms with van der Waals surface area (Å²) < 4.78 is 68.2. The lowest BCUT2D eigenvalue weighted by molar-refractivity contribution is -0.161. The molecule has 3 N–H and O–H groups in total. The van der Waals surface area contributed by atoms with Crippen LogP contribution in [0.25, 0.3) is 0 Å². The first kappa shape index (κ1) is 90.5. The van der Waals surface area contributed by atoms with Gasteiger partial charge in [-0.15, -0.1) is 0 Å². The van der Waals surface area contributed by atoms with Gasteiger partial charge >= 0.3 is 39.5 Å². The topological polar surface area (TPSA) is 237 Å². The van der Waals surface area contributed by atoms with Gasteiger partial charge in [-0.1, -0.05) is 315 Å². The molecular weight excluding hydrogens is 1220 g/mol. The molecule has 0 heterocycles. The lowest BCUT2D eigenvalue weighted by Crippen LogP contribution is -2.30. The summed E-state index contributed by atoms with van der Waals surface area (Å²) in [7, 11) is -9.91. The molecule has 93 heavy (non-hydrogen) atoms. The highest BCUT2D eigenvalue weighted by atomic mass is 31.2. The van der Waals surface area contributed by atoms with E-state index in [0.29, 0.717) is 25.7 Å². The van der Waals surface area contributed by atoms with Crippen molar-refractivity contribution in [2.75, 3.05) is 39.6 Å². The van der Waals surface area contributed by atoms with E-state index in [4.69, 9.17) is 37.0 Å². The molecule has 0 aromatic carbocycles. The molecule has 5 atom stereocenters. The van der Waals surface area contributed by atoms with Crippen LogP contribution in [0.15, 0.2) is 24.3 Å². The quantitative estimate of drug-likeness (QED) is 0.0169. The molecule has 0 bridgehead atoms. The van der Waals surface area contributed by atoms with Gasteiger partial charge in [0, 0.05) is 25.7 Å². The van der Waals surface area contributed by atoms with Crippen LogP contribution in [-0.2, 0) is 65.4 Å². The Morgan fingerprint density at radius 2 is 0.516 bits per heavy atom. The van der Waals surface area contributed by atoms with Crippen LogP contribution in [0.1, 0.15) is 368 Å². The van der Waals surface area contributed by atoms with E-state index in [1.165, 1.54) is 180 Å². The number of carbonyl (C=O) groups excluding carboxylic acids is 4. The second-order valence-electron chi connectivity index (χ2n) is 26.0. The fourth-order valence-electron chi connectivity index (χ4n) is 10.9. The van der Waals surface area contributed by atoms with Crippen LogP contribution in [-0.4, -0.2) is 96.7 Å². The zero-order chi connectivity index (χ0) is 68.2. The number of aliphatic hydroxyl groups excluding tert-OH is 1. The fourth-order valence-corrected chi connectivity index (χ4v) is 12.4. The van der Waals surface area contributed by atoms with Gasteiger partial charge in [0.25, 0.3) is 0 Å². The molecule has 0 aromatic rings. The summed E-state index contributed by atoms with van der Waals surface area (Å²) in [5.41, 5.74) is 0. The van der Waals surface area contributed by atoms with Crippen molar-refractivity contribution in [3.05, 3.63) is 24.3 Å². The number of esters is 4. The summed E-state index contributed by atoms with van der Waals surface area (Å²) >= 11 is 0. The van der Waals surface area contributed by atoms with Crippen molar-refractivity contribution in [3.8, 4) is 0 Å². The van der Waals surface area contributed by atoms with Crippen LogP contribution in [0, 0.1) is 0 Å². The summed E-state index contributed by atoms with van der Waals surface area (Å²) in [6.07, 6.45) is 60.8. The van der Waals surface area contributed by atoms with Crippen LogP contribution in [0.4, 0.5) is 0 Å². The molecule has 0 spiro atoms. The molecular formula is C74H140O17P2. The average Bonchev–Trinajstić information content (AvgIpc) is 2.23. The van der Waals surface area contributed by atoms with Crippen LogP contribution in [0.5, 0.6) is 0 Å². The fraction of sp³-hybridized carbons (Fsp3) is 0.892. The molecule has 19 heteroatoms. The van der Waals surface area contributed by atoms with Crippen molar-refractivity contribution >= 4 is 39.5 Å². The third kappa shape index (κ3) is 67.9. The number of unbranched alkanes of at least 4 members (excludes halogenated alkanes) is 44. The van der Waals surface area contributed by atoms with Crippen molar-refractivity contribution in [3.63, 3.8) is 0 Å². The van der Waals surface area contributed by atoms with Gasteiger partial charge in [0.05, 0.1) is 26.4 Å². The molecule has 17 nitrogen and oxygen atoms in total. The molecule has 0 amide bonds. The number of ether oxygens (including phenoxy) is 4. The maximum atomic E-state index is 13.0. The lowest BCUT2D eigenvalue weighted by atomic mass is 10.0. The minimum Gasteiger partial charge on any atom is -0.462 e. The summed E-state index contributed by atoms with van der Waals surface area (Å²) in [6, 6.07) is 0. The van der Waals surface area contributed by atoms with Gasteiger partial charge in [0.1, 0.15) is 19.3 Å². The average molecular weight is 1360 g/mol. The molecule has 0 fully saturated rings. The van der Waals surface area contributed by atoms with Crippen molar-refractivity contribution in [2.45, 2.75) is 386 Å². The Morgan fingerprint density at radius 3 is 0.785 bits per heavy atom. The van der Waals surface area contributed by atoms with E-state index in [1.807, 2.05) is 0 Å². The third-order valence-electron chi connectivity index (χ3n) is 16.7. The van der Waals surface area contributed by atoms with Crippen molar-refractivity contribution < 1.29 is 80.2 Å². The van der Waals surface area contributed by atoms with E-state index >= 15 is 0 Å². The van der Waals surface area contributed by atoms with Crippen LogP contribution >= 0.6 is 15.6 Å². The van der Waals surface area contributed by atoms with E-state index in [0.717, 1.165) is 109 Å². The zero-order valence-electron chi connectivity index (χ0n) is 59.7. The van der Waals surface area contributed by atoms with E-state index in [1.54, 1.807) is 0 Å². The maximum Gasteiger partial charge on any atom is 0.472 e. The van der Waals surface area contributed by atoms with Crippen LogP contribution in [0.2, 0.25) is 0 Å². The highest BCUT2D eigenvalue weighted by Gasteiger charge is 2.30. The number of phosphoric acid groups is 2. The van der Waals surface area contributed by atoms with Crippen molar-refractivity contribution in [2.24, 2.45) is 0 Å². The van der Waals surface area contributed by atoms with E-state index in [2.05, 4.69) is 52.0 Å². The summed E-state index contributed by atoms with van der Waals surface area (Å²) in [6.45, 7) is 4.82. The Bertz CT molecular complexity index is 1870. The SMILES string of the molecule is CCCCCC/C=C\C=C/CCCCCCCC(=O)O[C@H](COC(=O)CCCCCCC)COP(=O)(O)OC[C@H](O)COP(=O)(O)OC[C@@H](COC(=O)CCCCCCCCCCCCCCCCCC)OC(=O)CCCCCCCCCCCCCCCCCCC. The van der Waals surface area contributed by atoms with Crippen molar-refractivity contribution in [1.82, 2.24) is 0 Å². The van der Waals surface area contributed by atoms with E-state index < -0.39 is 97.5 Å².